The molecule has 2 aliphatic rings. The summed E-state index contributed by atoms with van der Waals surface area (Å²) >= 11 is 0. The van der Waals surface area contributed by atoms with Crippen LogP contribution in [0.5, 0.6) is 0 Å². The molecule has 3 heterocycles. The van der Waals surface area contributed by atoms with Gasteiger partial charge in [0.15, 0.2) is 0 Å². The first kappa shape index (κ1) is 23.4. The van der Waals surface area contributed by atoms with E-state index in [-0.39, 0.29) is 12.5 Å². The Bertz CT molecular complexity index is 985. The Labute approximate surface area is 192 Å². The number of hydrogen-bond acceptors (Lipinski definition) is 6. The average molecular weight is 460 g/mol. The number of nitrogens with one attached hydrogen (secondary N) is 1. The summed E-state index contributed by atoms with van der Waals surface area (Å²) in [6.45, 7) is 5.27. The fourth-order valence-corrected chi connectivity index (χ4v) is 4.17. The molecular weight excluding hydrogens is 429 g/mol. The lowest BCUT2D eigenvalue weighted by molar-refractivity contribution is -0.148. The summed E-state index contributed by atoms with van der Waals surface area (Å²) in [4.78, 5) is 25.4. The minimum atomic E-state index is -0.508. The molecule has 8 nitrogen and oxygen atoms in total. The summed E-state index contributed by atoms with van der Waals surface area (Å²) in [7, 11) is 0. The van der Waals surface area contributed by atoms with Crippen molar-refractivity contribution in [2.24, 2.45) is 5.41 Å². The Hall–Kier alpha value is -2.78. The second kappa shape index (κ2) is 10.4. The number of rotatable bonds is 6. The molecule has 1 aromatic carbocycles. The molecule has 1 amide bonds. The van der Waals surface area contributed by atoms with Gasteiger partial charge in [-0.1, -0.05) is 6.92 Å². The molecule has 0 unspecified atom stereocenters. The van der Waals surface area contributed by atoms with Gasteiger partial charge in [0.2, 0.25) is 0 Å². The largest absolute Gasteiger partial charge is 0.461 e. The fraction of sp³-hybridized carbons (Fsp3) is 0.542. The van der Waals surface area contributed by atoms with Gasteiger partial charge in [-0.2, -0.15) is 5.10 Å². The van der Waals surface area contributed by atoms with Gasteiger partial charge < -0.3 is 19.5 Å². The van der Waals surface area contributed by atoms with Crippen LogP contribution >= 0.6 is 0 Å². The van der Waals surface area contributed by atoms with Crippen LogP contribution in [0.1, 0.15) is 51.9 Å². The summed E-state index contributed by atoms with van der Waals surface area (Å²) in [5.74, 6) is -1.02. The number of carbonyl (C=O) groups is 2. The van der Waals surface area contributed by atoms with Crippen molar-refractivity contribution in [3.63, 3.8) is 0 Å². The molecule has 0 saturated carbocycles. The van der Waals surface area contributed by atoms with Gasteiger partial charge >= 0.3 is 5.97 Å². The van der Waals surface area contributed by atoms with E-state index in [0.29, 0.717) is 63.5 Å². The van der Waals surface area contributed by atoms with Crippen molar-refractivity contribution in [1.29, 1.82) is 0 Å². The third kappa shape index (κ3) is 5.42. The number of benzene rings is 1. The minimum absolute atomic E-state index is 0.100. The number of halogens is 1. The summed E-state index contributed by atoms with van der Waals surface area (Å²) in [6.07, 6.45) is 2.87. The number of esters is 1. The Kier molecular flexibility index (Phi) is 7.39. The Morgan fingerprint density at radius 1 is 1.21 bits per heavy atom. The summed E-state index contributed by atoms with van der Waals surface area (Å²) in [5.41, 5.74) is 2.16. The molecule has 1 N–H and O–H groups in total. The van der Waals surface area contributed by atoms with Gasteiger partial charge in [0, 0.05) is 19.8 Å². The van der Waals surface area contributed by atoms with E-state index in [2.05, 4.69) is 5.32 Å². The number of nitrogens with zero attached hydrogens (tertiary/aromatic N) is 2. The van der Waals surface area contributed by atoms with E-state index in [0.717, 1.165) is 24.2 Å². The fourth-order valence-electron chi connectivity index (χ4n) is 4.17. The van der Waals surface area contributed by atoms with Gasteiger partial charge in [0.25, 0.3) is 5.91 Å². The number of aromatic nitrogens is 2. The van der Waals surface area contributed by atoms with Crippen molar-refractivity contribution in [1.82, 2.24) is 15.1 Å². The van der Waals surface area contributed by atoms with Crippen LogP contribution < -0.4 is 5.32 Å². The highest BCUT2D eigenvalue weighted by atomic mass is 19.1. The molecule has 33 heavy (non-hydrogen) atoms. The second-order valence-corrected chi connectivity index (χ2v) is 8.68. The van der Waals surface area contributed by atoms with Crippen LogP contribution in [0.25, 0.3) is 0 Å². The lowest BCUT2D eigenvalue weighted by Crippen LogP contribution is -2.50. The van der Waals surface area contributed by atoms with E-state index in [1.807, 2.05) is 11.6 Å². The summed E-state index contributed by atoms with van der Waals surface area (Å²) in [6, 6.07) is 5.27. The molecule has 0 aliphatic carbocycles. The van der Waals surface area contributed by atoms with Crippen LogP contribution in [0.15, 0.2) is 24.3 Å². The average Bonchev–Trinajstić information content (AvgIpc) is 3.12. The zero-order chi connectivity index (χ0) is 23.3. The Morgan fingerprint density at radius 3 is 2.67 bits per heavy atom. The van der Waals surface area contributed by atoms with E-state index in [1.165, 1.54) is 24.3 Å². The zero-order valence-electron chi connectivity index (χ0n) is 18.9. The molecular formula is C24H30FN3O5. The topological polar surface area (TPSA) is 91.7 Å². The molecule has 4 rings (SSSR count). The van der Waals surface area contributed by atoms with Crippen LogP contribution in [-0.4, -0.2) is 61.2 Å². The molecule has 0 radical (unpaired) electrons. The van der Waals surface area contributed by atoms with Crippen molar-refractivity contribution in [3.05, 3.63) is 52.6 Å². The number of aryl methyl sites for hydroxylation is 1. The third-order valence-electron chi connectivity index (χ3n) is 6.04. The van der Waals surface area contributed by atoms with Crippen LogP contribution in [0, 0.1) is 11.2 Å². The third-order valence-corrected chi connectivity index (χ3v) is 6.04. The van der Waals surface area contributed by atoms with Gasteiger partial charge in [-0.15, -0.1) is 0 Å². The molecule has 0 bridgehead atoms. The van der Waals surface area contributed by atoms with Gasteiger partial charge in [-0.05, 0) is 49.9 Å². The van der Waals surface area contributed by atoms with Crippen LogP contribution in [0.3, 0.4) is 0 Å². The minimum Gasteiger partial charge on any atom is -0.461 e. The maximum Gasteiger partial charge on any atom is 0.338 e. The van der Waals surface area contributed by atoms with E-state index in [4.69, 9.17) is 19.3 Å². The standard InChI is InChI=1S/C24H30FN3O5/c1-2-19-21-20(5-3-11-31-12-4-10-26-22(21)29)28(27-19)13-24(14-32-15-24)16-33-23(30)17-6-8-18(25)9-7-17/h6-9H,2-5,10-16H2,1H3,(H,26,29). The van der Waals surface area contributed by atoms with Crippen molar-refractivity contribution in [3.8, 4) is 0 Å². The molecule has 9 heteroatoms. The first-order chi connectivity index (χ1) is 16.0. The van der Waals surface area contributed by atoms with Gasteiger partial charge in [0.05, 0.1) is 47.7 Å². The maximum atomic E-state index is 13.1. The maximum absolute atomic E-state index is 13.1. The lowest BCUT2D eigenvalue weighted by atomic mass is 9.86. The first-order valence-electron chi connectivity index (χ1n) is 11.5. The number of amides is 1. The molecule has 1 fully saturated rings. The highest BCUT2D eigenvalue weighted by molar-refractivity contribution is 5.96. The smallest absolute Gasteiger partial charge is 0.338 e. The van der Waals surface area contributed by atoms with Crippen molar-refractivity contribution in [2.45, 2.75) is 39.2 Å². The van der Waals surface area contributed by atoms with Crippen molar-refractivity contribution < 1.29 is 28.2 Å². The first-order valence-corrected chi connectivity index (χ1v) is 11.5. The summed E-state index contributed by atoms with van der Waals surface area (Å²) in [5, 5.41) is 7.75. The molecule has 2 aliphatic heterocycles. The van der Waals surface area contributed by atoms with E-state index >= 15 is 0 Å². The Balaban J connectivity index is 1.53. The molecule has 178 valence electrons. The second-order valence-electron chi connectivity index (χ2n) is 8.68. The van der Waals surface area contributed by atoms with Crippen LogP contribution in [-0.2, 0) is 33.6 Å². The molecule has 1 aromatic heterocycles. The van der Waals surface area contributed by atoms with Crippen LogP contribution in [0.4, 0.5) is 4.39 Å². The van der Waals surface area contributed by atoms with Crippen LogP contribution in [0.2, 0.25) is 0 Å². The lowest BCUT2D eigenvalue weighted by Gasteiger charge is -2.40. The number of hydrogen-bond donors (Lipinski definition) is 1. The van der Waals surface area contributed by atoms with E-state index in [9.17, 15) is 14.0 Å². The van der Waals surface area contributed by atoms with Gasteiger partial charge in [0.1, 0.15) is 12.4 Å². The molecule has 0 spiro atoms. The van der Waals surface area contributed by atoms with Gasteiger partial charge in [-0.3, -0.25) is 9.48 Å². The van der Waals surface area contributed by atoms with E-state index < -0.39 is 17.2 Å². The number of ether oxygens (including phenoxy) is 3. The summed E-state index contributed by atoms with van der Waals surface area (Å²) < 4.78 is 31.7. The highest BCUT2D eigenvalue weighted by Crippen LogP contribution is 2.32. The number of fused-ring (bicyclic) bond motifs is 1. The van der Waals surface area contributed by atoms with Crippen molar-refractivity contribution >= 4 is 11.9 Å². The zero-order valence-corrected chi connectivity index (χ0v) is 18.9. The molecule has 2 aromatic rings. The van der Waals surface area contributed by atoms with E-state index in [1.54, 1.807) is 0 Å². The SMILES string of the molecule is CCc1nn(CC2(COC(=O)c3ccc(F)cc3)COC2)c2c1C(=O)NCCCOCCC2. The predicted molar refractivity (Wildman–Crippen MR) is 118 cm³/mol. The quantitative estimate of drug-likeness (QED) is 0.668. The molecule has 1 saturated heterocycles. The monoisotopic (exact) mass is 459 g/mol. The predicted octanol–water partition coefficient (Wildman–Crippen LogP) is 2.54. The van der Waals surface area contributed by atoms with Crippen molar-refractivity contribution in [2.75, 3.05) is 39.6 Å². The normalized spacial score (nSPS) is 18.4. The highest BCUT2D eigenvalue weighted by Gasteiger charge is 2.42. The van der Waals surface area contributed by atoms with Gasteiger partial charge in [-0.25, -0.2) is 9.18 Å². The molecule has 0 atom stereocenters. The number of carbonyl (C=O) groups excluding carboxylic acids is 2. The Morgan fingerprint density at radius 2 is 1.97 bits per heavy atom.